The average molecular weight is 735 g/mol. The molecule has 20 heteroatoms. The Balaban J connectivity index is 2.22. The molecule has 0 saturated carbocycles. The molecule has 1 unspecified atom stereocenters. The fourth-order valence-electron chi connectivity index (χ4n) is 3.79. The van der Waals surface area contributed by atoms with Crippen LogP contribution < -0.4 is 11.1 Å². The molecule has 0 saturated heterocycles. The van der Waals surface area contributed by atoms with Crippen molar-refractivity contribution in [3.63, 3.8) is 0 Å². The number of aromatic nitrogens is 1. The molecule has 2 aromatic carbocycles. The summed E-state index contributed by atoms with van der Waals surface area (Å²) < 4.78 is 177. The summed E-state index contributed by atoms with van der Waals surface area (Å²) in [4.78, 5) is 28.3. The summed E-state index contributed by atoms with van der Waals surface area (Å²) in [6, 6.07) is 3.20. The fraction of sp³-hybridized carbons (Fsp3) is 0.208. The molecule has 0 bridgehead atoms. The first-order valence-electron chi connectivity index (χ1n) is 11.0. The van der Waals surface area contributed by atoms with E-state index >= 15 is 4.39 Å². The molecule has 0 radical (unpaired) electrons. The number of hydrogen-bond donors (Lipinski definition) is 2. The van der Waals surface area contributed by atoms with Gasteiger partial charge in [0.1, 0.15) is 11.0 Å². The normalized spacial score (nSPS) is 14.2. The number of amides is 2. The van der Waals surface area contributed by atoms with Crippen molar-refractivity contribution in [1.29, 1.82) is 0 Å². The van der Waals surface area contributed by atoms with Gasteiger partial charge in [0.25, 0.3) is 11.8 Å². The molecule has 0 fully saturated rings. The maximum Gasteiger partial charge on any atom is 0.457 e. The first kappa shape index (κ1) is 34.9. The van der Waals surface area contributed by atoms with E-state index in [-0.39, 0.29) is 5.15 Å². The topological polar surface area (TPSA) is 85.1 Å². The van der Waals surface area contributed by atoms with Crippen LogP contribution in [0.5, 0.6) is 0 Å². The van der Waals surface area contributed by atoms with Gasteiger partial charge in [-0.05, 0) is 52.3 Å². The van der Waals surface area contributed by atoms with Crippen LogP contribution in [0.2, 0.25) is 5.15 Å². The Labute approximate surface area is 249 Å². The second-order valence-electron chi connectivity index (χ2n) is 8.62. The summed E-state index contributed by atoms with van der Waals surface area (Å²) in [5.74, 6) is -11.8. The third-order valence-electron chi connectivity index (χ3n) is 5.84. The van der Waals surface area contributed by atoms with Gasteiger partial charge in [0.15, 0.2) is 0 Å². The maximum absolute atomic E-state index is 15.4. The highest BCUT2D eigenvalue weighted by molar-refractivity contribution is 9.10. The van der Waals surface area contributed by atoms with E-state index in [9.17, 15) is 62.3 Å². The largest absolute Gasteiger partial charge is 0.457 e. The summed E-state index contributed by atoms with van der Waals surface area (Å²) in [5, 5.41) is 1.16. The number of anilines is 1. The van der Waals surface area contributed by atoms with Crippen LogP contribution in [-0.2, 0) is 11.8 Å². The van der Waals surface area contributed by atoms with E-state index in [1.54, 1.807) is 0 Å². The Bertz CT molecular complexity index is 1640. The molecule has 44 heavy (non-hydrogen) atoms. The van der Waals surface area contributed by atoms with Crippen LogP contribution in [0.25, 0.3) is 11.3 Å². The van der Waals surface area contributed by atoms with Gasteiger partial charge in [-0.25, -0.2) is 13.8 Å². The first-order valence-corrected chi connectivity index (χ1v) is 12.2. The zero-order valence-electron chi connectivity index (χ0n) is 20.6. The molecule has 3 aromatic rings. The molecular weight excluding hydrogens is 725 g/mol. The van der Waals surface area contributed by atoms with Crippen molar-refractivity contribution in [3.8, 4) is 11.3 Å². The minimum Gasteiger partial charge on any atom is -0.366 e. The van der Waals surface area contributed by atoms with Crippen molar-refractivity contribution in [2.24, 2.45) is 5.73 Å². The number of carbonyl (C=O) groups excluding carboxylic acids is 2. The molecule has 0 spiro atoms. The van der Waals surface area contributed by atoms with Gasteiger partial charge in [-0.2, -0.15) is 48.3 Å². The number of alkyl halides is 12. The second kappa shape index (κ2) is 11.4. The van der Waals surface area contributed by atoms with Crippen LogP contribution >= 0.6 is 27.5 Å². The number of carbonyl (C=O) groups is 2. The average Bonchev–Trinajstić information content (AvgIpc) is 2.86. The molecule has 0 aliphatic carbocycles. The van der Waals surface area contributed by atoms with Gasteiger partial charge in [-0.3, -0.25) is 9.59 Å². The van der Waals surface area contributed by atoms with E-state index in [1.165, 1.54) is 5.32 Å². The SMILES string of the molecule is NC(=O)c1ccc(Cl)nc1-c1cccc(C(=O)Nc2c(Br)cc(C(F)(C(F)(F)F)C(F)(F)C(F)(F)F)cc2C(F)(F)F)c1F. The lowest BCUT2D eigenvalue weighted by molar-refractivity contribution is -0.389. The molecule has 3 N–H and O–H groups in total. The summed E-state index contributed by atoms with van der Waals surface area (Å²) in [5.41, 5.74) is -11.2. The summed E-state index contributed by atoms with van der Waals surface area (Å²) in [6.45, 7) is 0. The van der Waals surface area contributed by atoms with Crippen molar-refractivity contribution >= 4 is 45.0 Å². The maximum atomic E-state index is 15.4. The molecule has 0 aliphatic heterocycles. The second-order valence-corrected chi connectivity index (χ2v) is 9.86. The van der Waals surface area contributed by atoms with Gasteiger partial charge in [-0.15, -0.1) is 0 Å². The third-order valence-corrected chi connectivity index (χ3v) is 6.67. The fourth-order valence-corrected chi connectivity index (χ4v) is 4.49. The van der Waals surface area contributed by atoms with Gasteiger partial charge < -0.3 is 11.1 Å². The quantitative estimate of drug-likeness (QED) is 0.197. The Morgan fingerprint density at radius 3 is 1.93 bits per heavy atom. The van der Waals surface area contributed by atoms with E-state index in [0.29, 0.717) is 6.07 Å². The number of nitrogens with two attached hydrogens (primary N) is 1. The van der Waals surface area contributed by atoms with E-state index in [0.717, 1.165) is 24.3 Å². The monoisotopic (exact) mass is 733 g/mol. The van der Waals surface area contributed by atoms with Crippen LogP contribution in [0, 0.1) is 5.82 Å². The Hall–Kier alpha value is -3.61. The molecule has 5 nitrogen and oxygen atoms in total. The van der Waals surface area contributed by atoms with Gasteiger partial charge in [-0.1, -0.05) is 17.7 Å². The third kappa shape index (κ3) is 6.02. The van der Waals surface area contributed by atoms with Gasteiger partial charge in [0.05, 0.1) is 28.1 Å². The standard InChI is InChI=1S/C24H10BrClF13N3O2/c25-13-7-8(20(28,23(34,35)36)22(32,33)24(37,38)39)6-12(21(29,30)31)17(13)42-19(44)10-3-1-2-9(15(10)27)16-11(18(40)43)4-5-14(26)41-16/h1-7H,(H2,40,43)(H,42,44). The number of nitrogens with zero attached hydrogens (tertiary/aromatic N) is 1. The highest BCUT2D eigenvalue weighted by Crippen LogP contribution is 2.59. The lowest BCUT2D eigenvalue weighted by atomic mass is 9.86. The Morgan fingerprint density at radius 1 is 0.841 bits per heavy atom. The lowest BCUT2D eigenvalue weighted by Gasteiger charge is -2.36. The molecule has 3 rings (SSSR count). The van der Waals surface area contributed by atoms with Crippen LogP contribution in [0.1, 0.15) is 31.8 Å². The Morgan fingerprint density at radius 2 is 1.43 bits per heavy atom. The summed E-state index contributed by atoms with van der Waals surface area (Å²) in [7, 11) is 0. The predicted octanol–water partition coefficient (Wildman–Crippen LogP) is 8.60. The summed E-state index contributed by atoms with van der Waals surface area (Å²) >= 11 is 7.98. The number of pyridine rings is 1. The van der Waals surface area contributed by atoms with E-state index < -0.39 is 104 Å². The molecule has 1 aromatic heterocycles. The predicted molar refractivity (Wildman–Crippen MR) is 130 cm³/mol. The number of primary amides is 1. The zero-order valence-corrected chi connectivity index (χ0v) is 22.9. The van der Waals surface area contributed by atoms with E-state index in [2.05, 4.69) is 20.9 Å². The molecule has 1 heterocycles. The highest BCUT2D eigenvalue weighted by Gasteiger charge is 2.82. The minimum atomic E-state index is -7.30. The van der Waals surface area contributed by atoms with Crippen molar-refractivity contribution < 1.29 is 66.7 Å². The van der Waals surface area contributed by atoms with Crippen LogP contribution in [0.15, 0.2) is 46.9 Å². The lowest BCUT2D eigenvalue weighted by Crippen LogP contribution is -2.59. The van der Waals surface area contributed by atoms with Crippen molar-refractivity contribution in [3.05, 3.63) is 80.2 Å². The number of benzene rings is 2. The van der Waals surface area contributed by atoms with Gasteiger partial charge in [0, 0.05) is 15.6 Å². The van der Waals surface area contributed by atoms with Gasteiger partial charge in [0.2, 0.25) is 0 Å². The minimum absolute atomic E-state index is 0.294. The van der Waals surface area contributed by atoms with Crippen molar-refractivity contribution in [2.75, 3.05) is 5.32 Å². The number of nitrogens with one attached hydrogen (secondary N) is 1. The van der Waals surface area contributed by atoms with Crippen LogP contribution in [-0.4, -0.2) is 35.1 Å². The number of halogens is 15. The summed E-state index contributed by atoms with van der Waals surface area (Å²) in [6.07, 6.45) is -20.3. The molecule has 0 aliphatic rings. The molecule has 238 valence electrons. The van der Waals surface area contributed by atoms with Crippen LogP contribution in [0.4, 0.5) is 62.8 Å². The zero-order chi connectivity index (χ0) is 33.8. The van der Waals surface area contributed by atoms with Crippen molar-refractivity contribution in [2.45, 2.75) is 30.1 Å². The Kier molecular flexibility index (Phi) is 9.03. The first-order chi connectivity index (χ1) is 19.9. The van der Waals surface area contributed by atoms with E-state index in [1.807, 2.05) is 0 Å². The van der Waals surface area contributed by atoms with Gasteiger partial charge >= 0.3 is 30.1 Å². The molecular formula is C24H10BrClF13N3O2. The smallest absolute Gasteiger partial charge is 0.366 e. The molecule has 2 amide bonds. The van der Waals surface area contributed by atoms with Crippen LogP contribution in [0.3, 0.4) is 0 Å². The molecule has 1 atom stereocenters. The van der Waals surface area contributed by atoms with E-state index in [4.69, 9.17) is 17.3 Å². The van der Waals surface area contributed by atoms with Crippen molar-refractivity contribution in [1.82, 2.24) is 4.98 Å². The highest BCUT2D eigenvalue weighted by atomic mass is 79.9. The number of rotatable bonds is 6. The number of hydrogen-bond acceptors (Lipinski definition) is 3.